The number of alkyl halides is 3. The van der Waals surface area contributed by atoms with Crippen LogP contribution in [0.2, 0.25) is 0 Å². The molecule has 1 fully saturated rings. The maximum Gasteiger partial charge on any atom is 0.523 e. The molecule has 0 radical (unpaired) electrons. The summed E-state index contributed by atoms with van der Waals surface area (Å²) >= 11 is 0. The van der Waals surface area contributed by atoms with E-state index in [1.54, 1.807) is 0 Å². The predicted octanol–water partition coefficient (Wildman–Crippen LogP) is -0.677. The number of rotatable bonds is 6. The summed E-state index contributed by atoms with van der Waals surface area (Å²) in [7, 11) is -6.38. The maximum atomic E-state index is 12.8. The van der Waals surface area contributed by atoms with E-state index in [9.17, 15) is 45.9 Å². The van der Waals surface area contributed by atoms with Crippen molar-refractivity contribution in [3.8, 4) is 0 Å². The highest BCUT2D eigenvalue weighted by molar-refractivity contribution is 7.87. The van der Waals surface area contributed by atoms with Crippen molar-refractivity contribution in [2.24, 2.45) is 0 Å². The number of aliphatic hydroxyl groups is 1. The monoisotopic (exact) mass is 480 g/mol. The van der Waals surface area contributed by atoms with E-state index in [2.05, 4.69) is 4.18 Å². The molecule has 0 aliphatic heterocycles. The Balaban J connectivity index is 3.63. The predicted molar refractivity (Wildman–Crippen MR) is 88.1 cm³/mol. The first-order valence-electron chi connectivity index (χ1n) is 8.34. The second-order valence-electron chi connectivity index (χ2n) is 6.25. The van der Waals surface area contributed by atoms with E-state index < -0.39 is 76.1 Å². The van der Waals surface area contributed by atoms with Gasteiger partial charge < -0.3 is 24.1 Å². The molecule has 0 amide bonds. The highest BCUT2D eigenvalue weighted by atomic mass is 32.2. The molecule has 0 unspecified atom stereocenters. The number of carbonyl (C=O) groups is 4. The third-order valence-corrected chi connectivity index (χ3v) is 4.74. The van der Waals surface area contributed by atoms with Crippen LogP contribution in [0.4, 0.5) is 13.2 Å². The SMILES string of the molecule is CC(=O)O[C@@H]1[C@@H](OC(C)=O)[C@H](OS(=O)(=O)C(F)(F)F)[C@H](O)[C@H](OC(C)=O)[C@H]1OC(C)=O. The van der Waals surface area contributed by atoms with E-state index in [1.165, 1.54) is 0 Å². The first-order valence-corrected chi connectivity index (χ1v) is 9.75. The van der Waals surface area contributed by atoms with Crippen LogP contribution in [0, 0.1) is 0 Å². The summed E-state index contributed by atoms with van der Waals surface area (Å²) in [4.78, 5) is 45.9. The van der Waals surface area contributed by atoms with E-state index in [0.717, 1.165) is 27.7 Å². The zero-order chi connectivity index (χ0) is 24.3. The first kappa shape index (κ1) is 26.6. The van der Waals surface area contributed by atoms with Gasteiger partial charge in [-0.3, -0.25) is 23.4 Å². The zero-order valence-corrected chi connectivity index (χ0v) is 17.3. The van der Waals surface area contributed by atoms with Gasteiger partial charge in [0.15, 0.2) is 24.4 Å². The maximum absolute atomic E-state index is 12.8. The van der Waals surface area contributed by atoms with Crippen molar-refractivity contribution >= 4 is 34.0 Å². The molecule has 1 aliphatic rings. The molecule has 12 nitrogen and oxygen atoms in total. The van der Waals surface area contributed by atoms with Crippen LogP contribution in [-0.2, 0) is 52.4 Å². The number of carbonyl (C=O) groups excluding carboxylic acids is 4. The van der Waals surface area contributed by atoms with Crippen molar-refractivity contribution in [2.75, 3.05) is 0 Å². The first-order chi connectivity index (χ1) is 14.0. The second-order valence-corrected chi connectivity index (χ2v) is 7.81. The Hall–Kier alpha value is -2.46. The summed E-state index contributed by atoms with van der Waals surface area (Å²) in [5, 5.41) is 10.5. The minimum Gasteiger partial charge on any atom is -0.456 e. The largest absolute Gasteiger partial charge is 0.523 e. The van der Waals surface area contributed by atoms with Crippen molar-refractivity contribution < 1.29 is 69.0 Å². The minimum absolute atomic E-state index is 0.769. The number of hydrogen-bond donors (Lipinski definition) is 1. The summed E-state index contributed by atoms with van der Waals surface area (Å²) in [5.41, 5.74) is -5.95. The Morgan fingerprint density at radius 1 is 0.677 bits per heavy atom. The van der Waals surface area contributed by atoms with Crippen molar-refractivity contribution in [2.45, 2.75) is 69.8 Å². The van der Waals surface area contributed by atoms with Gasteiger partial charge in [0.05, 0.1) is 0 Å². The fourth-order valence-corrected chi connectivity index (χ4v) is 3.38. The minimum atomic E-state index is -6.38. The van der Waals surface area contributed by atoms with Gasteiger partial charge in [0, 0.05) is 27.7 Å². The molecular weight excluding hydrogens is 461 g/mol. The summed E-state index contributed by atoms with van der Waals surface area (Å²) < 4.78 is 84.8. The number of esters is 4. The Morgan fingerprint density at radius 3 is 1.29 bits per heavy atom. The molecule has 1 aliphatic carbocycles. The van der Waals surface area contributed by atoms with Gasteiger partial charge in [-0.1, -0.05) is 0 Å². The standard InChI is InChI=1S/C15H19F3O12S/c1-5(19)26-10-9(23)11(30-31(24,25)15(16,17)18)13(28-7(3)21)14(29-8(4)22)12(10)27-6(2)20/h9-14,23H,1-4H3/t9-,10+,11-,12-,13+,14+/m1/s1. The van der Waals surface area contributed by atoms with Crippen molar-refractivity contribution in [1.82, 2.24) is 0 Å². The van der Waals surface area contributed by atoms with E-state index >= 15 is 0 Å². The molecule has 1 saturated carbocycles. The molecule has 0 spiro atoms. The second kappa shape index (κ2) is 9.78. The molecule has 6 atom stereocenters. The van der Waals surface area contributed by atoms with E-state index in [4.69, 9.17) is 18.9 Å². The Morgan fingerprint density at radius 2 is 0.968 bits per heavy atom. The van der Waals surface area contributed by atoms with Crippen LogP contribution < -0.4 is 0 Å². The highest BCUT2D eigenvalue weighted by Gasteiger charge is 2.61. The number of aliphatic hydroxyl groups excluding tert-OH is 1. The molecule has 0 aromatic carbocycles. The number of ether oxygens (including phenoxy) is 4. The summed E-state index contributed by atoms with van der Waals surface area (Å²) in [6.07, 6.45) is -13.2. The Bertz CT molecular complexity index is 824. The summed E-state index contributed by atoms with van der Waals surface area (Å²) in [5.74, 6) is -4.55. The lowest BCUT2D eigenvalue weighted by atomic mass is 9.84. The number of halogens is 3. The third-order valence-electron chi connectivity index (χ3n) is 3.70. The van der Waals surface area contributed by atoms with E-state index in [-0.39, 0.29) is 0 Å². The lowest BCUT2D eigenvalue weighted by Crippen LogP contribution is -2.68. The fourth-order valence-electron chi connectivity index (χ4n) is 2.75. The Kier molecular flexibility index (Phi) is 8.38. The lowest BCUT2D eigenvalue weighted by Gasteiger charge is -2.45. The topological polar surface area (TPSA) is 169 Å². The summed E-state index contributed by atoms with van der Waals surface area (Å²) in [6.45, 7) is 3.27. The normalized spacial score (nSPS) is 28.9. The van der Waals surface area contributed by atoms with Crippen molar-refractivity contribution in [3.05, 3.63) is 0 Å². The third kappa shape index (κ3) is 6.76. The van der Waals surface area contributed by atoms with Crippen molar-refractivity contribution in [1.29, 1.82) is 0 Å². The van der Waals surface area contributed by atoms with E-state index in [0.29, 0.717) is 0 Å². The van der Waals surface area contributed by atoms with Gasteiger partial charge in [0.1, 0.15) is 12.2 Å². The fraction of sp³-hybridized carbons (Fsp3) is 0.733. The molecule has 178 valence electrons. The van der Waals surface area contributed by atoms with Gasteiger partial charge >= 0.3 is 39.5 Å². The van der Waals surface area contributed by atoms with Gasteiger partial charge in [-0.2, -0.15) is 21.6 Å². The molecule has 1 N–H and O–H groups in total. The summed E-state index contributed by atoms with van der Waals surface area (Å²) in [6, 6.07) is 0. The van der Waals surface area contributed by atoms with Crippen LogP contribution in [0.5, 0.6) is 0 Å². The van der Waals surface area contributed by atoms with Crippen LogP contribution in [-0.4, -0.2) is 79.5 Å². The van der Waals surface area contributed by atoms with Crippen LogP contribution in [0.15, 0.2) is 0 Å². The molecule has 16 heteroatoms. The molecule has 0 heterocycles. The van der Waals surface area contributed by atoms with E-state index in [1.807, 2.05) is 0 Å². The molecule has 0 saturated heterocycles. The molecular formula is C15H19F3O12S. The molecule has 0 aromatic heterocycles. The molecule has 0 aromatic rings. The van der Waals surface area contributed by atoms with Gasteiger partial charge in [-0.25, -0.2) is 0 Å². The van der Waals surface area contributed by atoms with Gasteiger partial charge in [-0.05, 0) is 0 Å². The highest BCUT2D eigenvalue weighted by Crippen LogP contribution is 2.36. The molecule has 31 heavy (non-hydrogen) atoms. The van der Waals surface area contributed by atoms with Crippen LogP contribution >= 0.6 is 0 Å². The average molecular weight is 480 g/mol. The van der Waals surface area contributed by atoms with Crippen molar-refractivity contribution in [3.63, 3.8) is 0 Å². The quantitative estimate of drug-likeness (QED) is 0.220. The van der Waals surface area contributed by atoms with Crippen LogP contribution in [0.3, 0.4) is 0 Å². The van der Waals surface area contributed by atoms with Crippen LogP contribution in [0.25, 0.3) is 0 Å². The smallest absolute Gasteiger partial charge is 0.456 e. The lowest BCUT2D eigenvalue weighted by molar-refractivity contribution is -0.248. The van der Waals surface area contributed by atoms with Crippen LogP contribution in [0.1, 0.15) is 27.7 Å². The zero-order valence-electron chi connectivity index (χ0n) is 16.4. The molecule has 1 rings (SSSR count). The molecule has 0 bridgehead atoms. The van der Waals surface area contributed by atoms with Gasteiger partial charge in [-0.15, -0.1) is 0 Å². The average Bonchev–Trinajstić information content (AvgIpc) is 2.55. The van der Waals surface area contributed by atoms with Gasteiger partial charge in [0.2, 0.25) is 0 Å². The number of hydrogen-bond acceptors (Lipinski definition) is 12. The van der Waals surface area contributed by atoms with Gasteiger partial charge in [0.25, 0.3) is 0 Å². The Labute approximate surface area is 173 Å².